The summed E-state index contributed by atoms with van der Waals surface area (Å²) in [7, 11) is 0. The number of hydrogen-bond acceptors (Lipinski definition) is 8. The van der Waals surface area contributed by atoms with E-state index in [9.17, 15) is 13.2 Å². The molecule has 0 saturated heterocycles. The van der Waals surface area contributed by atoms with Crippen LogP contribution in [-0.2, 0) is 26.0 Å². The molecule has 200 valence electrons. The fourth-order valence-corrected chi connectivity index (χ4v) is 3.50. The summed E-state index contributed by atoms with van der Waals surface area (Å²) in [6, 6.07) is 13.3. The molecule has 0 radical (unpaired) electrons. The number of alkyl halides is 3. The van der Waals surface area contributed by atoms with Crippen molar-refractivity contribution in [2.45, 2.75) is 45.2 Å². The molecule has 12 heteroatoms. The van der Waals surface area contributed by atoms with Crippen molar-refractivity contribution in [3.63, 3.8) is 0 Å². The van der Waals surface area contributed by atoms with Crippen molar-refractivity contribution in [3.8, 4) is 11.5 Å². The van der Waals surface area contributed by atoms with Crippen LogP contribution < -0.4 is 9.47 Å². The second-order valence-corrected chi connectivity index (χ2v) is 8.29. The van der Waals surface area contributed by atoms with Crippen LogP contribution in [0.5, 0.6) is 11.5 Å². The number of nitrogens with zero attached hydrogens (tertiary/aromatic N) is 5. The number of benzene rings is 2. The maximum atomic E-state index is 12.2. The molecule has 2 heterocycles. The van der Waals surface area contributed by atoms with E-state index in [1.54, 1.807) is 12.2 Å². The van der Waals surface area contributed by atoms with E-state index in [1.165, 1.54) is 40.9 Å². The van der Waals surface area contributed by atoms with Crippen molar-refractivity contribution >= 4 is 12.2 Å². The van der Waals surface area contributed by atoms with Gasteiger partial charge in [-0.1, -0.05) is 24.3 Å². The molecule has 9 nitrogen and oxygen atoms in total. The number of oxazole rings is 1. The first-order chi connectivity index (χ1) is 18.4. The van der Waals surface area contributed by atoms with E-state index in [-0.39, 0.29) is 19.0 Å². The zero-order valence-electron chi connectivity index (χ0n) is 20.3. The van der Waals surface area contributed by atoms with Crippen LogP contribution in [0, 0.1) is 0 Å². The maximum absolute atomic E-state index is 12.2. The quantitative estimate of drug-likeness (QED) is 0.245. The van der Waals surface area contributed by atoms with Gasteiger partial charge in [0.25, 0.3) is 0 Å². The van der Waals surface area contributed by atoms with Crippen molar-refractivity contribution in [2.75, 3.05) is 6.61 Å². The molecule has 2 aromatic heterocycles. The van der Waals surface area contributed by atoms with Gasteiger partial charge >= 0.3 is 6.36 Å². The number of rotatable bonds is 13. The molecule has 0 fully saturated rings. The second kappa shape index (κ2) is 12.9. The summed E-state index contributed by atoms with van der Waals surface area (Å²) >= 11 is 0. The van der Waals surface area contributed by atoms with Crippen LogP contribution >= 0.6 is 0 Å². The van der Waals surface area contributed by atoms with E-state index in [0.717, 1.165) is 25.7 Å². The predicted molar refractivity (Wildman–Crippen MR) is 131 cm³/mol. The molecule has 0 atom stereocenters. The molecule has 2 aromatic carbocycles. The second-order valence-electron chi connectivity index (χ2n) is 8.29. The molecule has 0 amide bonds. The van der Waals surface area contributed by atoms with Gasteiger partial charge in [-0.25, -0.2) is 4.98 Å². The molecule has 0 bridgehead atoms. The van der Waals surface area contributed by atoms with Gasteiger partial charge < -0.3 is 19.0 Å². The molecular formula is C26H26F3N5O4. The lowest BCUT2D eigenvalue weighted by Gasteiger charge is -2.08. The topological polar surface area (TPSA) is 108 Å². The van der Waals surface area contributed by atoms with Crippen molar-refractivity contribution in [3.05, 3.63) is 83.3 Å². The summed E-state index contributed by atoms with van der Waals surface area (Å²) in [6.07, 6.45) is 3.63. The van der Waals surface area contributed by atoms with Crippen molar-refractivity contribution in [2.24, 2.45) is 0 Å². The molecular weight excluding hydrogens is 503 g/mol. The van der Waals surface area contributed by atoms with Gasteiger partial charge in [0.15, 0.2) is 5.82 Å². The number of hydrogen-bond donors (Lipinski definition) is 1. The Morgan fingerprint density at radius 3 is 2.42 bits per heavy atom. The summed E-state index contributed by atoms with van der Waals surface area (Å²) < 4.78 is 51.8. The number of halogens is 3. The maximum Gasteiger partial charge on any atom is 0.573 e. The van der Waals surface area contributed by atoms with Crippen molar-refractivity contribution in [1.29, 1.82) is 0 Å². The van der Waals surface area contributed by atoms with Gasteiger partial charge in [-0.2, -0.15) is 4.80 Å². The minimum absolute atomic E-state index is 0.0139. The number of aliphatic hydroxyl groups excluding tert-OH is 1. The lowest BCUT2D eigenvalue weighted by Crippen LogP contribution is -2.16. The smallest absolute Gasteiger partial charge is 0.487 e. The Kier molecular flexibility index (Phi) is 9.09. The van der Waals surface area contributed by atoms with Crippen LogP contribution in [0.25, 0.3) is 12.2 Å². The van der Waals surface area contributed by atoms with Gasteiger partial charge in [-0.15, -0.1) is 23.4 Å². The van der Waals surface area contributed by atoms with Crippen LogP contribution in [0.4, 0.5) is 13.2 Å². The third-order valence-electron chi connectivity index (χ3n) is 5.32. The molecule has 4 rings (SSSR count). The summed E-state index contributed by atoms with van der Waals surface area (Å²) in [5.74, 6) is 1.45. The zero-order valence-corrected chi connectivity index (χ0v) is 20.3. The van der Waals surface area contributed by atoms with Crippen LogP contribution in [0.15, 0.2) is 59.2 Å². The highest BCUT2D eigenvalue weighted by Crippen LogP contribution is 2.23. The Morgan fingerprint density at radius 2 is 1.68 bits per heavy atom. The Labute approximate surface area is 216 Å². The average Bonchev–Trinajstić information content (AvgIpc) is 3.54. The number of aliphatic hydroxyl groups is 1. The molecule has 0 aliphatic heterocycles. The van der Waals surface area contributed by atoms with Crippen LogP contribution in [0.3, 0.4) is 0 Å². The number of tetrazole rings is 1. The monoisotopic (exact) mass is 529 g/mol. The van der Waals surface area contributed by atoms with E-state index in [4.69, 9.17) is 14.3 Å². The van der Waals surface area contributed by atoms with Crippen LogP contribution in [0.1, 0.15) is 41.4 Å². The van der Waals surface area contributed by atoms with E-state index >= 15 is 0 Å². The number of aromatic nitrogens is 5. The van der Waals surface area contributed by atoms with Gasteiger partial charge in [0.1, 0.15) is 30.1 Å². The minimum Gasteiger partial charge on any atom is -0.487 e. The number of ether oxygens (including phenoxy) is 2. The van der Waals surface area contributed by atoms with Gasteiger partial charge in [0, 0.05) is 12.5 Å². The predicted octanol–water partition coefficient (Wildman–Crippen LogP) is 4.87. The van der Waals surface area contributed by atoms with Crippen molar-refractivity contribution in [1.82, 2.24) is 25.2 Å². The Morgan fingerprint density at radius 1 is 0.947 bits per heavy atom. The summed E-state index contributed by atoms with van der Waals surface area (Å²) in [6.45, 7) is 0.561. The third-order valence-corrected chi connectivity index (χ3v) is 5.32. The summed E-state index contributed by atoms with van der Waals surface area (Å²) in [4.78, 5) is 5.73. The minimum atomic E-state index is -4.72. The van der Waals surface area contributed by atoms with E-state index in [0.29, 0.717) is 35.3 Å². The van der Waals surface area contributed by atoms with Gasteiger partial charge in [-0.3, -0.25) is 0 Å². The molecule has 1 N–H and O–H groups in total. The largest absolute Gasteiger partial charge is 0.573 e. The fourth-order valence-electron chi connectivity index (χ4n) is 3.50. The Balaban J connectivity index is 1.17. The first-order valence-electron chi connectivity index (χ1n) is 11.9. The zero-order chi connectivity index (χ0) is 26.8. The first kappa shape index (κ1) is 26.9. The van der Waals surface area contributed by atoms with Gasteiger partial charge in [-0.05, 0) is 65.9 Å². The van der Waals surface area contributed by atoms with Crippen molar-refractivity contribution < 1.29 is 32.2 Å². The molecule has 0 aliphatic rings. The number of unbranched alkanes of at least 4 members (excludes halogenated alkanes) is 1. The Hall–Kier alpha value is -4.19. The van der Waals surface area contributed by atoms with Crippen LogP contribution in [0.2, 0.25) is 0 Å². The van der Waals surface area contributed by atoms with Crippen LogP contribution in [-0.4, -0.2) is 43.3 Å². The summed E-state index contributed by atoms with van der Waals surface area (Å²) in [5.41, 5.74) is 2.46. The normalized spacial score (nSPS) is 11.8. The number of aryl methyl sites for hydroxylation is 2. The Bertz CT molecular complexity index is 1300. The average molecular weight is 530 g/mol. The highest BCUT2D eigenvalue weighted by Gasteiger charge is 2.30. The van der Waals surface area contributed by atoms with E-state index < -0.39 is 6.36 Å². The molecule has 0 spiro atoms. The molecule has 0 aliphatic carbocycles. The standard InChI is InChI=1S/C26H26F3N5O4/c27-26(28,29)38-23-12-7-20(8-13-23)9-14-25-30-21(18-37-25)17-36-22-10-5-19(6-11-22)3-1-2-4-24-31-33-34(32-24)15-16-35/h5-14,18,35H,1-4,15-17H2. The highest BCUT2D eigenvalue weighted by atomic mass is 19.4. The molecule has 0 saturated carbocycles. The van der Waals surface area contributed by atoms with Gasteiger partial charge in [0.2, 0.25) is 5.89 Å². The lowest BCUT2D eigenvalue weighted by molar-refractivity contribution is -0.274. The fraction of sp³-hybridized carbons (Fsp3) is 0.308. The first-order valence-corrected chi connectivity index (χ1v) is 11.9. The third kappa shape index (κ3) is 8.73. The lowest BCUT2D eigenvalue weighted by atomic mass is 10.1. The molecule has 38 heavy (non-hydrogen) atoms. The molecule has 4 aromatic rings. The van der Waals surface area contributed by atoms with E-state index in [1.807, 2.05) is 24.3 Å². The highest BCUT2D eigenvalue weighted by molar-refractivity contribution is 5.66. The summed E-state index contributed by atoms with van der Waals surface area (Å²) in [5, 5.41) is 21.0. The van der Waals surface area contributed by atoms with Gasteiger partial charge in [0.05, 0.1) is 13.2 Å². The van der Waals surface area contributed by atoms with E-state index in [2.05, 4.69) is 25.1 Å². The molecule has 0 unspecified atom stereocenters. The SMILES string of the molecule is OCCn1nnc(CCCCc2ccc(OCc3coc(C=Cc4ccc(OC(F)(F)F)cc4)n3)cc2)n1.